The third-order valence-corrected chi connectivity index (χ3v) is 5.43. The number of thiophene rings is 1. The molecule has 0 saturated carbocycles. The van der Waals surface area contributed by atoms with Crippen molar-refractivity contribution < 1.29 is 0 Å². The molecule has 82 valence electrons. The van der Waals surface area contributed by atoms with E-state index in [9.17, 15) is 0 Å². The fourth-order valence-electron chi connectivity index (χ4n) is 2.72. The first-order chi connectivity index (χ1) is 7.33. The number of likely N-dealkylation sites (tertiary alicyclic amines) is 1. The van der Waals surface area contributed by atoms with Gasteiger partial charge in [-0.2, -0.15) is 0 Å². The number of halogens is 1. The highest BCUT2D eigenvalue weighted by Gasteiger charge is 2.35. The Kier molecular flexibility index (Phi) is 2.85. The lowest BCUT2D eigenvalue weighted by atomic mass is 10.0. The number of hydrogen-bond donors (Lipinski definition) is 1. The lowest BCUT2D eigenvalue weighted by Gasteiger charge is -2.15. The van der Waals surface area contributed by atoms with Gasteiger partial charge in [0.15, 0.2) is 0 Å². The van der Waals surface area contributed by atoms with Gasteiger partial charge in [0.05, 0.1) is 0 Å². The Morgan fingerprint density at radius 1 is 1.40 bits per heavy atom. The van der Waals surface area contributed by atoms with Crippen LogP contribution in [0.25, 0.3) is 0 Å². The van der Waals surface area contributed by atoms with E-state index in [0.717, 1.165) is 18.4 Å². The lowest BCUT2D eigenvalue weighted by Crippen LogP contribution is -2.25. The molecule has 1 aromatic rings. The van der Waals surface area contributed by atoms with E-state index in [1.165, 1.54) is 35.5 Å². The zero-order valence-corrected chi connectivity index (χ0v) is 11.0. The van der Waals surface area contributed by atoms with Gasteiger partial charge in [-0.15, -0.1) is 11.3 Å². The molecule has 0 aliphatic carbocycles. The van der Waals surface area contributed by atoms with Crippen molar-refractivity contribution in [1.29, 1.82) is 0 Å². The molecule has 3 heterocycles. The second-order valence-corrected chi connectivity index (χ2v) is 6.42. The van der Waals surface area contributed by atoms with Gasteiger partial charge < -0.3 is 5.32 Å². The van der Waals surface area contributed by atoms with Gasteiger partial charge in [-0.1, -0.05) is 0 Å². The summed E-state index contributed by atoms with van der Waals surface area (Å²) in [5.41, 5.74) is 0. The quantitative estimate of drug-likeness (QED) is 0.896. The molecule has 4 heteroatoms. The second-order valence-electron chi connectivity index (χ2n) is 4.56. The minimum atomic E-state index is 0.906. The average Bonchev–Trinajstić information content (AvgIpc) is 2.83. The molecule has 0 spiro atoms. The van der Waals surface area contributed by atoms with E-state index >= 15 is 0 Å². The predicted molar refractivity (Wildman–Crippen MR) is 67.1 cm³/mol. The van der Waals surface area contributed by atoms with Crippen LogP contribution in [0.5, 0.6) is 0 Å². The summed E-state index contributed by atoms with van der Waals surface area (Å²) in [7, 11) is 0. The van der Waals surface area contributed by atoms with Crippen molar-refractivity contribution in [3.05, 3.63) is 20.8 Å². The Morgan fingerprint density at radius 2 is 2.13 bits per heavy atom. The molecule has 2 atom stereocenters. The first kappa shape index (κ1) is 10.3. The van der Waals surface area contributed by atoms with Crippen LogP contribution < -0.4 is 5.32 Å². The van der Waals surface area contributed by atoms with Crippen molar-refractivity contribution >= 4 is 27.3 Å². The smallest absolute Gasteiger partial charge is 0.0339 e. The predicted octanol–water partition coefficient (Wildman–Crippen LogP) is 2.16. The van der Waals surface area contributed by atoms with E-state index in [-0.39, 0.29) is 0 Å². The Bertz CT molecular complexity index is 340. The van der Waals surface area contributed by atoms with Crippen LogP contribution in [0.15, 0.2) is 15.9 Å². The average molecular weight is 287 g/mol. The third-order valence-electron chi connectivity index (χ3n) is 3.52. The van der Waals surface area contributed by atoms with Crippen molar-refractivity contribution in [3.8, 4) is 0 Å². The van der Waals surface area contributed by atoms with Gasteiger partial charge in [0.25, 0.3) is 0 Å². The first-order valence-electron chi connectivity index (χ1n) is 5.48. The standard InChI is InChI=1S/C11H15BrN2S/c12-10-1-2-15-11(10)7-14-5-8-3-13-4-9(8)6-14/h1-2,8-9,13H,3-7H2. The highest BCUT2D eigenvalue weighted by molar-refractivity contribution is 9.10. The summed E-state index contributed by atoms with van der Waals surface area (Å²) in [5, 5.41) is 5.65. The van der Waals surface area contributed by atoms with E-state index in [1.54, 1.807) is 0 Å². The van der Waals surface area contributed by atoms with Crippen molar-refractivity contribution in [2.45, 2.75) is 6.54 Å². The van der Waals surface area contributed by atoms with E-state index in [1.807, 2.05) is 11.3 Å². The van der Waals surface area contributed by atoms with Gasteiger partial charge in [-0.05, 0) is 52.3 Å². The monoisotopic (exact) mass is 286 g/mol. The number of hydrogen-bond acceptors (Lipinski definition) is 3. The van der Waals surface area contributed by atoms with Crippen LogP contribution in [0, 0.1) is 11.8 Å². The summed E-state index contributed by atoms with van der Waals surface area (Å²) < 4.78 is 1.28. The van der Waals surface area contributed by atoms with Gasteiger partial charge >= 0.3 is 0 Å². The van der Waals surface area contributed by atoms with Crippen LogP contribution in [-0.2, 0) is 6.54 Å². The molecule has 2 fully saturated rings. The van der Waals surface area contributed by atoms with Crippen molar-refractivity contribution in [2.75, 3.05) is 26.2 Å². The van der Waals surface area contributed by atoms with Crippen molar-refractivity contribution in [2.24, 2.45) is 11.8 Å². The topological polar surface area (TPSA) is 15.3 Å². The van der Waals surface area contributed by atoms with Crippen molar-refractivity contribution in [3.63, 3.8) is 0 Å². The molecule has 2 unspecified atom stereocenters. The maximum atomic E-state index is 3.61. The summed E-state index contributed by atoms with van der Waals surface area (Å²) >= 11 is 5.47. The first-order valence-corrected chi connectivity index (χ1v) is 7.15. The summed E-state index contributed by atoms with van der Waals surface area (Å²) in [4.78, 5) is 4.08. The highest BCUT2D eigenvalue weighted by atomic mass is 79.9. The third kappa shape index (κ3) is 2.00. The van der Waals surface area contributed by atoms with E-state index in [4.69, 9.17) is 0 Å². The highest BCUT2D eigenvalue weighted by Crippen LogP contribution is 2.30. The molecule has 15 heavy (non-hydrogen) atoms. The van der Waals surface area contributed by atoms with Crippen molar-refractivity contribution in [1.82, 2.24) is 10.2 Å². The molecule has 3 rings (SSSR count). The number of nitrogens with zero attached hydrogens (tertiary/aromatic N) is 1. The van der Waals surface area contributed by atoms with Gasteiger partial charge in [0.1, 0.15) is 0 Å². The second kappa shape index (κ2) is 4.17. The van der Waals surface area contributed by atoms with Gasteiger partial charge in [0.2, 0.25) is 0 Å². The Hall–Kier alpha value is 0.1000. The lowest BCUT2D eigenvalue weighted by molar-refractivity contribution is 0.308. The largest absolute Gasteiger partial charge is 0.316 e. The minimum absolute atomic E-state index is 0.906. The minimum Gasteiger partial charge on any atom is -0.316 e. The molecule has 2 aliphatic rings. The van der Waals surface area contributed by atoms with Crippen LogP contribution in [0.2, 0.25) is 0 Å². The SMILES string of the molecule is Brc1ccsc1CN1CC2CNCC2C1. The Labute approximate surface area is 103 Å². The fraction of sp³-hybridized carbons (Fsp3) is 0.636. The molecule has 0 amide bonds. The van der Waals surface area contributed by atoms with Gasteiger partial charge in [-0.3, -0.25) is 4.90 Å². The zero-order valence-electron chi connectivity index (χ0n) is 8.58. The van der Waals surface area contributed by atoms with E-state index in [0.29, 0.717) is 0 Å². The molecule has 2 saturated heterocycles. The zero-order chi connectivity index (χ0) is 10.3. The Balaban J connectivity index is 1.64. The number of nitrogens with one attached hydrogen (secondary N) is 1. The molecular weight excluding hydrogens is 272 g/mol. The van der Waals surface area contributed by atoms with Crippen LogP contribution in [-0.4, -0.2) is 31.1 Å². The fourth-order valence-corrected chi connectivity index (χ4v) is 4.24. The summed E-state index contributed by atoms with van der Waals surface area (Å²) in [5.74, 6) is 1.81. The molecule has 2 aliphatic heterocycles. The number of rotatable bonds is 2. The summed E-state index contributed by atoms with van der Waals surface area (Å²) in [6.45, 7) is 6.15. The van der Waals surface area contributed by atoms with Gasteiger partial charge in [0, 0.05) is 29.0 Å². The molecule has 0 radical (unpaired) electrons. The normalized spacial score (nSPS) is 31.0. The van der Waals surface area contributed by atoms with E-state index < -0.39 is 0 Å². The Morgan fingerprint density at radius 3 is 2.73 bits per heavy atom. The molecular formula is C11H15BrN2S. The van der Waals surface area contributed by atoms with Crippen LogP contribution >= 0.6 is 27.3 Å². The maximum Gasteiger partial charge on any atom is 0.0339 e. The van der Waals surface area contributed by atoms with Crippen LogP contribution in [0.1, 0.15) is 4.88 Å². The molecule has 2 nitrogen and oxygen atoms in total. The van der Waals surface area contributed by atoms with Crippen LogP contribution in [0.3, 0.4) is 0 Å². The molecule has 1 aromatic heterocycles. The molecule has 0 aromatic carbocycles. The van der Waals surface area contributed by atoms with E-state index in [2.05, 4.69) is 37.6 Å². The molecule has 0 bridgehead atoms. The van der Waals surface area contributed by atoms with Crippen LogP contribution in [0.4, 0.5) is 0 Å². The number of fused-ring (bicyclic) bond motifs is 1. The summed E-state index contributed by atoms with van der Waals surface area (Å²) in [6.07, 6.45) is 0. The molecule has 1 N–H and O–H groups in total. The summed E-state index contributed by atoms with van der Waals surface area (Å²) in [6, 6.07) is 2.15. The van der Waals surface area contributed by atoms with Gasteiger partial charge in [-0.25, -0.2) is 0 Å². The maximum absolute atomic E-state index is 3.61.